The highest BCUT2D eigenvalue weighted by atomic mass is 16.5. The Kier molecular flexibility index (Phi) is 5.50. The van der Waals surface area contributed by atoms with Gasteiger partial charge in [0.1, 0.15) is 12.1 Å². The van der Waals surface area contributed by atoms with Crippen molar-refractivity contribution in [1.29, 1.82) is 0 Å². The summed E-state index contributed by atoms with van der Waals surface area (Å²) in [5.74, 6) is 0.651. The number of benzene rings is 2. The van der Waals surface area contributed by atoms with Crippen molar-refractivity contribution in [3.63, 3.8) is 0 Å². The zero-order valence-electron chi connectivity index (χ0n) is 17.3. The number of aromatic nitrogens is 4. The van der Waals surface area contributed by atoms with Gasteiger partial charge in [0, 0.05) is 18.2 Å². The lowest BCUT2D eigenvalue weighted by atomic mass is 9.93. The number of tetrazole rings is 1. The molecular formula is C22H25N5O3. The molecule has 1 aliphatic rings. The molecule has 1 aliphatic heterocycles. The minimum atomic E-state index is -0.237. The van der Waals surface area contributed by atoms with Gasteiger partial charge in [0.25, 0.3) is 5.91 Å². The number of methoxy groups -OCH3 is 1. The van der Waals surface area contributed by atoms with Crippen LogP contribution in [0.5, 0.6) is 5.75 Å². The number of hydrogen-bond acceptors (Lipinski definition) is 6. The molecule has 2 aromatic carbocycles. The summed E-state index contributed by atoms with van der Waals surface area (Å²) in [6.45, 7) is 4.73. The van der Waals surface area contributed by atoms with Gasteiger partial charge >= 0.3 is 0 Å². The van der Waals surface area contributed by atoms with Gasteiger partial charge in [-0.15, -0.1) is 5.10 Å². The number of carbonyl (C=O) groups excluding carboxylic acids is 1. The SMILES string of the molecule is COc1ccc(-c2cc(C(=O)NC3CCOC(C)(C)C3)cc(-n3cnnn3)c2)cc1. The molecule has 8 heteroatoms. The first kappa shape index (κ1) is 20.0. The van der Waals surface area contributed by atoms with Crippen LogP contribution in [0.4, 0.5) is 0 Å². The Bertz CT molecular complexity index is 1020. The van der Waals surface area contributed by atoms with Gasteiger partial charge in [0.2, 0.25) is 0 Å². The fraction of sp³-hybridized carbons (Fsp3) is 0.364. The number of hydrogen-bond donors (Lipinski definition) is 1. The predicted molar refractivity (Wildman–Crippen MR) is 112 cm³/mol. The Morgan fingerprint density at radius 2 is 2.00 bits per heavy atom. The first-order valence-corrected chi connectivity index (χ1v) is 9.91. The fourth-order valence-corrected chi connectivity index (χ4v) is 3.73. The predicted octanol–water partition coefficient (Wildman–Crippen LogP) is 3.03. The Morgan fingerprint density at radius 1 is 1.20 bits per heavy atom. The lowest BCUT2D eigenvalue weighted by Gasteiger charge is -2.35. The Labute approximate surface area is 175 Å². The second kappa shape index (κ2) is 8.23. The molecule has 3 aromatic rings. The topological polar surface area (TPSA) is 91.2 Å². The maximum atomic E-state index is 13.1. The molecule has 8 nitrogen and oxygen atoms in total. The molecule has 0 bridgehead atoms. The van der Waals surface area contributed by atoms with Gasteiger partial charge in [-0.05, 0) is 78.6 Å². The number of ether oxygens (including phenoxy) is 2. The van der Waals surface area contributed by atoms with Crippen LogP contribution in [0.3, 0.4) is 0 Å². The van der Waals surface area contributed by atoms with E-state index in [0.29, 0.717) is 17.9 Å². The molecule has 4 rings (SSSR count). The maximum Gasteiger partial charge on any atom is 0.251 e. The van der Waals surface area contributed by atoms with Crippen molar-refractivity contribution < 1.29 is 14.3 Å². The van der Waals surface area contributed by atoms with Crippen LogP contribution in [0.25, 0.3) is 16.8 Å². The second-order valence-corrected chi connectivity index (χ2v) is 8.02. The van der Waals surface area contributed by atoms with E-state index in [2.05, 4.69) is 20.8 Å². The van der Waals surface area contributed by atoms with Crippen molar-refractivity contribution in [1.82, 2.24) is 25.5 Å². The van der Waals surface area contributed by atoms with Crippen molar-refractivity contribution in [3.8, 4) is 22.6 Å². The summed E-state index contributed by atoms with van der Waals surface area (Å²) in [5.41, 5.74) is 2.89. The Morgan fingerprint density at radius 3 is 2.67 bits per heavy atom. The summed E-state index contributed by atoms with van der Waals surface area (Å²) in [5, 5.41) is 14.5. The number of nitrogens with zero attached hydrogens (tertiary/aromatic N) is 4. The molecule has 1 aromatic heterocycles. The number of amides is 1. The maximum absolute atomic E-state index is 13.1. The van der Waals surface area contributed by atoms with E-state index in [9.17, 15) is 4.79 Å². The molecule has 1 amide bonds. The van der Waals surface area contributed by atoms with Crippen LogP contribution in [-0.2, 0) is 4.74 Å². The van der Waals surface area contributed by atoms with Crippen LogP contribution >= 0.6 is 0 Å². The van der Waals surface area contributed by atoms with Gasteiger partial charge in [-0.2, -0.15) is 0 Å². The van der Waals surface area contributed by atoms with Crippen molar-refractivity contribution in [2.45, 2.75) is 38.3 Å². The van der Waals surface area contributed by atoms with Crippen molar-refractivity contribution in [2.75, 3.05) is 13.7 Å². The van der Waals surface area contributed by atoms with Gasteiger partial charge in [-0.3, -0.25) is 4.79 Å². The fourth-order valence-electron chi connectivity index (χ4n) is 3.73. The highest BCUT2D eigenvalue weighted by Gasteiger charge is 2.30. The third-order valence-electron chi connectivity index (χ3n) is 5.25. The summed E-state index contributed by atoms with van der Waals surface area (Å²) in [6.07, 6.45) is 3.08. The molecular weight excluding hydrogens is 382 g/mol. The molecule has 1 atom stereocenters. The first-order chi connectivity index (χ1) is 14.4. The van der Waals surface area contributed by atoms with E-state index in [1.807, 2.05) is 50.2 Å². The first-order valence-electron chi connectivity index (χ1n) is 9.91. The molecule has 0 spiro atoms. The molecule has 30 heavy (non-hydrogen) atoms. The van der Waals surface area contributed by atoms with Gasteiger partial charge in [0.05, 0.1) is 18.4 Å². The molecule has 0 radical (unpaired) electrons. The quantitative estimate of drug-likeness (QED) is 0.699. The lowest BCUT2D eigenvalue weighted by molar-refractivity contribution is -0.0615. The standard InChI is InChI=1S/C22H25N5O3/c1-22(2)13-18(8-9-30-22)24-21(28)17-10-16(15-4-6-20(29-3)7-5-15)11-19(12-17)27-14-23-25-26-27/h4-7,10-12,14,18H,8-9,13H2,1-3H3,(H,24,28). The normalized spacial score (nSPS) is 18.0. The number of nitrogens with one attached hydrogen (secondary N) is 1. The summed E-state index contributed by atoms with van der Waals surface area (Å²) < 4.78 is 12.5. The highest BCUT2D eigenvalue weighted by molar-refractivity contribution is 5.96. The largest absolute Gasteiger partial charge is 0.497 e. The van der Waals surface area contributed by atoms with E-state index in [-0.39, 0.29) is 17.6 Å². The average molecular weight is 407 g/mol. The van der Waals surface area contributed by atoms with E-state index in [1.54, 1.807) is 17.9 Å². The monoisotopic (exact) mass is 407 g/mol. The summed E-state index contributed by atoms with van der Waals surface area (Å²) in [6, 6.07) is 13.4. The minimum Gasteiger partial charge on any atom is -0.497 e. The minimum absolute atomic E-state index is 0.0716. The third-order valence-corrected chi connectivity index (χ3v) is 5.25. The van der Waals surface area contributed by atoms with Gasteiger partial charge in [0.15, 0.2) is 0 Å². The third kappa shape index (κ3) is 4.49. The summed E-state index contributed by atoms with van der Waals surface area (Å²) in [4.78, 5) is 13.1. The van der Waals surface area contributed by atoms with Gasteiger partial charge < -0.3 is 14.8 Å². The molecule has 1 saturated heterocycles. The van der Waals surface area contributed by atoms with Gasteiger partial charge in [-0.25, -0.2) is 4.68 Å². The van der Waals surface area contributed by atoms with Crippen molar-refractivity contribution in [2.24, 2.45) is 0 Å². The summed E-state index contributed by atoms with van der Waals surface area (Å²) >= 11 is 0. The molecule has 1 unspecified atom stereocenters. The van der Waals surface area contributed by atoms with E-state index in [0.717, 1.165) is 29.7 Å². The van der Waals surface area contributed by atoms with E-state index in [4.69, 9.17) is 9.47 Å². The van der Waals surface area contributed by atoms with Crippen LogP contribution < -0.4 is 10.1 Å². The zero-order valence-corrected chi connectivity index (χ0v) is 17.3. The number of carbonyl (C=O) groups is 1. The molecule has 2 heterocycles. The van der Waals surface area contributed by atoms with Crippen LogP contribution in [-0.4, -0.2) is 51.5 Å². The van der Waals surface area contributed by atoms with Crippen molar-refractivity contribution in [3.05, 3.63) is 54.4 Å². The number of rotatable bonds is 5. The second-order valence-electron chi connectivity index (χ2n) is 8.02. The molecule has 1 fully saturated rings. The smallest absolute Gasteiger partial charge is 0.251 e. The van der Waals surface area contributed by atoms with E-state index in [1.165, 1.54) is 6.33 Å². The van der Waals surface area contributed by atoms with Gasteiger partial charge in [-0.1, -0.05) is 12.1 Å². The molecule has 0 saturated carbocycles. The summed E-state index contributed by atoms with van der Waals surface area (Å²) in [7, 11) is 1.63. The molecule has 1 N–H and O–H groups in total. The van der Waals surface area contributed by atoms with Crippen LogP contribution in [0.15, 0.2) is 48.8 Å². The van der Waals surface area contributed by atoms with Crippen LogP contribution in [0.1, 0.15) is 37.0 Å². The molecule has 156 valence electrons. The van der Waals surface area contributed by atoms with E-state index >= 15 is 0 Å². The van der Waals surface area contributed by atoms with Crippen LogP contribution in [0.2, 0.25) is 0 Å². The lowest BCUT2D eigenvalue weighted by Crippen LogP contribution is -2.45. The zero-order chi connectivity index (χ0) is 21.1. The molecule has 0 aliphatic carbocycles. The average Bonchev–Trinajstić information content (AvgIpc) is 3.28. The van der Waals surface area contributed by atoms with Crippen LogP contribution in [0, 0.1) is 0 Å². The van der Waals surface area contributed by atoms with Crippen molar-refractivity contribution >= 4 is 5.91 Å². The van der Waals surface area contributed by atoms with E-state index < -0.39 is 0 Å². The highest BCUT2D eigenvalue weighted by Crippen LogP contribution is 2.27. The Balaban J connectivity index is 1.66. The Hall–Kier alpha value is -3.26.